The molecule has 1 saturated heterocycles. The number of rotatable bonds is 6. The summed E-state index contributed by atoms with van der Waals surface area (Å²) in [5.41, 5.74) is -0.427. The van der Waals surface area contributed by atoms with E-state index < -0.39 is 47.4 Å². The number of carbonyl (C=O) groups excluding carboxylic acids is 2. The van der Waals surface area contributed by atoms with E-state index in [1.807, 2.05) is 30.3 Å². The molecule has 1 heterocycles. The Morgan fingerprint density at radius 3 is 2.17 bits per heavy atom. The van der Waals surface area contributed by atoms with E-state index in [-0.39, 0.29) is 19.6 Å². The largest absolute Gasteiger partial charge is 0.462 e. The second-order valence-electron chi connectivity index (χ2n) is 9.68. The molecule has 1 aromatic carbocycles. The quantitative estimate of drug-likeness (QED) is 0.704. The topological polar surface area (TPSA) is 91.3 Å². The number of hydrogen-bond acceptors (Lipinski definition) is 7. The average Bonchev–Trinajstić information content (AvgIpc) is 2.65. The van der Waals surface area contributed by atoms with Crippen LogP contribution in [-0.2, 0) is 35.1 Å². The highest BCUT2D eigenvalue weighted by atomic mass is 16.7. The summed E-state index contributed by atoms with van der Waals surface area (Å²) >= 11 is 0. The Bertz CT molecular complexity index is 703. The summed E-state index contributed by atoms with van der Waals surface area (Å²) in [5, 5.41) is 10.4. The fraction of sp³-hybridized carbons (Fsp3) is 0.652. The molecule has 0 amide bonds. The Kier molecular flexibility index (Phi) is 8.02. The number of ether oxygens (including phenoxy) is 4. The van der Waals surface area contributed by atoms with Crippen LogP contribution >= 0.6 is 0 Å². The second-order valence-corrected chi connectivity index (χ2v) is 9.68. The minimum atomic E-state index is -1.23. The molecule has 1 N–H and O–H groups in total. The van der Waals surface area contributed by atoms with Crippen molar-refractivity contribution in [1.29, 1.82) is 0 Å². The lowest BCUT2D eigenvalue weighted by atomic mass is 9.96. The third-order valence-electron chi connectivity index (χ3n) is 4.68. The summed E-state index contributed by atoms with van der Waals surface area (Å²) in [5.74, 6) is -0.801. The van der Waals surface area contributed by atoms with Crippen molar-refractivity contribution in [2.75, 3.05) is 6.61 Å². The Hall–Kier alpha value is -1.96. The molecule has 0 bridgehead atoms. The molecular formula is C23H34O7. The predicted molar refractivity (Wildman–Crippen MR) is 110 cm³/mol. The Balaban J connectivity index is 2.06. The summed E-state index contributed by atoms with van der Waals surface area (Å²) < 4.78 is 22.5. The number of aliphatic hydroxyl groups excluding tert-OH is 1. The first kappa shape index (κ1) is 24.3. The maximum atomic E-state index is 12.5. The van der Waals surface area contributed by atoms with Gasteiger partial charge in [0.25, 0.3) is 0 Å². The average molecular weight is 423 g/mol. The molecule has 0 aliphatic carbocycles. The molecule has 1 aliphatic rings. The number of carbonyl (C=O) groups is 2. The van der Waals surface area contributed by atoms with Crippen LogP contribution in [0.4, 0.5) is 0 Å². The van der Waals surface area contributed by atoms with Gasteiger partial charge in [-0.3, -0.25) is 9.59 Å². The first-order valence-electron chi connectivity index (χ1n) is 10.3. The van der Waals surface area contributed by atoms with Gasteiger partial charge in [0.2, 0.25) is 0 Å². The van der Waals surface area contributed by atoms with Gasteiger partial charge in [-0.15, -0.1) is 0 Å². The van der Waals surface area contributed by atoms with Crippen molar-refractivity contribution in [2.24, 2.45) is 10.8 Å². The molecule has 0 saturated carbocycles. The van der Waals surface area contributed by atoms with Crippen LogP contribution in [0.25, 0.3) is 0 Å². The third-order valence-corrected chi connectivity index (χ3v) is 4.68. The van der Waals surface area contributed by atoms with Crippen LogP contribution in [0, 0.1) is 10.8 Å². The van der Waals surface area contributed by atoms with Gasteiger partial charge < -0.3 is 24.1 Å². The first-order chi connectivity index (χ1) is 13.9. The van der Waals surface area contributed by atoms with Gasteiger partial charge in [0, 0.05) is 6.42 Å². The van der Waals surface area contributed by atoms with E-state index in [1.165, 1.54) is 0 Å². The van der Waals surface area contributed by atoms with E-state index in [4.69, 9.17) is 18.9 Å². The molecule has 2 rings (SSSR count). The summed E-state index contributed by atoms with van der Waals surface area (Å²) in [6.07, 6.45) is -3.18. The van der Waals surface area contributed by atoms with Crippen molar-refractivity contribution in [2.45, 2.75) is 79.2 Å². The number of esters is 2. The normalized spacial score (nSPS) is 24.9. The fourth-order valence-electron chi connectivity index (χ4n) is 2.74. The van der Waals surface area contributed by atoms with Gasteiger partial charge in [-0.25, -0.2) is 0 Å². The standard InChI is InChI=1S/C23H34O7/c1-22(2,3)20(25)28-14-18-16(30-21(26)23(4,5)6)12-17(19(24)29-18)27-13-15-10-8-7-9-11-15/h7-11,16-19,24H,12-14H2,1-6H3/t16-,17+,18+,19-/m0/s1. The predicted octanol–water partition coefficient (Wildman–Crippen LogP) is 3.23. The Morgan fingerprint density at radius 2 is 1.60 bits per heavy atom. The van der Waals surface area contributed by atoms with Crippen LogP contribution < -0.4 is 0 Å². The van der Waals surface area contributed by atoms with Crippen molar-refractivity contribution in [1.82, 2.24) is 0 Å². The molecule has 7 heteroatoms. The van der Waals surface area contributed by atoms with Crippen LogP contribution in [0.1, 0.15) is 53.5 Å². The first-order valence-corrected chi connectivity index (χ1v) is 10.3. The zero-order chi connectivity index (χ0) is 22.5. The fourth-order valence-corrected chi connectivity index (χ4v) is 2.74. The van der Waals surface area contributed by atoms with Gasteiger partial charge >= 0.3 is 11.9 Å². The van der Waals surface area contributed by atoms with Gasteiger partial charge in [0.1, 0.15) is 24.9 Å². The zero-order valence-corrected chi connectivity index (χ0v) is 18.7. The Labute approximate surface area is 178 Å². The van der Waals surface area contributed by atoms with E-state index >= 15 is 0 Å². The van der Waals surface area contributed by atoms with Crippen LogP contribution in [-0.4, -0.2) is 48.3 Å². The highest BCUT2D eigenvalue weighted by Gasteiger charge is 2.42. The zero-order valence-electron chi connectivity index (χ0n) is 18.7. The van der Waals surface area contributed by atoms with E-state index in [2.05, 4.69) is 0 Å². The van der Waals surface area contributed by atoms with E-state index in [0.717, 1.165) is 5.56 Å². The van der Waals surface area contributed by atoms with Crippen molar-refractivity contribution < 1.29 is 33.6 Å². The lowest BCUT2D eigenvalue weighted by Crippen LogP contribution is -2.52. The highest BCUT2D eigenvalue weighted by Crippen LogP contribution is 2.28. The van der Waals surface area contributed by atoms with Gasteiger partial charge in [-0.1, -0.05) is 30.3 Å². The van der Waals surface area contributed by atoms with Gasteiger partial charge in [0.05, 0.1) is 17.4 Å². The Morgan fingerprint density at radius 1 is 1.00 bits per heavy atom. The van der Waals surface area contributed by atoms with Gasteiger partial charge in [-0.2, -0.15) is 0 Å². The molecule has 7 nitrogen and oxygen atoms in total. The molecule has 4 atom stereocenters. The number of benzene rings is 1. The molecule has 1 aliphatic heterocycles. The van der Waals surface area contributed by atoms with Crippen molar-refractivity contribution in [3.8, 4) is 0 Å². The van der Waals surface area contributed by atoms with E-state index in [1.54, 1.807) is 41.5 Å². The summed E-state index contributed by atoms with van der Waals surface area (Å²) in [6, 6.07) is 9.55. The molecule has 1 aromatic rings. The molecule has 30 heavy (non-hydrogen) atoms. The second kappa shape index (κ2) is 9.90. The highest BCUT2D eigenvalue weighted by molar-refractivity contribution is 5.76. The van der Waals surface area contributed by atoms with Crippen LogP contribution in [0.15, 0.2) is 30.3 Å². The van der Waals surface area contributed by atoms with Crippen molar-refractivity contribution in [3.63, 3.8) is 0 Å². The summed E-state index contributed by atoms with van der Waals surface area (Å²) in [7, 11) is 0. The third kappa shape index (κ3) is 7.07. The van der Waals surface area contributed by atoms with Gasteiger partial charge in [-0.05, 0) is 47.1 Å². The van der Waals surface area contributed by atoms with Crippen LogP contribution in [0.5, 0.6) is 0 Å². The van der Waals surface area contributed by atoms with Crippen LogP contribution in [0.3, 0.4) is 0 Å². The minimum absolute atomic E-state index is 0.124. The number of hydrogen-bond donors (Lipinski definition) is 1. The van der Waals surface area contributed by atoms with E-state index in [0.29, 0.717) is 0 Å². The lowest BCUT2D eigenvalue weighted by molar-refractivity contribution is -0.270. The van der Waals surface area contributed by atoms with E-state index in [9.17, 15) is 14.7 Å². The molecule has 168 valence electrons. The molecule has 0 unspecified atom stereocenters. The summed E-state index contributed by atoms with van der Waals surface area (Å²) in [6.45, 7) is 10.7. The summed E-state index contributed by atoms with van der Waals surface area (Å²) in [4.78, 5) is 24.6. The maximum absolute atomic E-state index is 12.5. The number of aliphatic hydroxyl groups is 1. The minimum Gasteiger partial charge on any atom is -0.462 e. The van der Waals surface area contributed by atoms with Crippen molar-refractivity contribution >= 4 is 11.9 Å². The van der Waals surface area contributed by atoms with Crippen molar-refractivity contribution in [3.05, 3.63) is 35.9 Å². The monoisotopic (exact) mass is 422 g/mol. The van der Waals surface area contributed by atoms with Gasteiger partial charge in [0.15, 0.2) is 6.29 Å². The molecule has 1 fully saturated rings. The smallest absolute Gasteiger partial charge is 0.311 e. The molecule has 0 radical (unpaired) electrons. The van der Waals surface area contributed by atoms with Crippen LogP contribution in [0.2, 0.25) is 0 Å². The SMILES string of the molecule is CC(C)(C)C(=O)OC[C@H]1O[C@H](O)[C@H](OCc2ccccc2)C[C@@H]1OC(=O)C(C)(C)C. The molecular weight excluding hydrogens is 388 g/mol. The molecule has 0 spiro atoms. The molecule has 0 aromatic heterocycles. The lowest BCUT2D eigenvalue weighted by Gasteiger charge is -2.39. The maximum Gasteiger partial charge on any atom is 0.311 e.